The van der Waals surface area contributed by atoms with Crippen molar-refractivity contribution < 1.29 is 14.3 Å². The fourth-order valence-electron chi connectivity index (χ4n) is 2.32. The summed E-state index contributed by atoms with van der Waals surface area (Å²) in [4.78, 5) is 12.1. The number of carbonyl (C=O) groups is 1. The summed E-state index contributed by atoms with van der Waals surface area (Å²) >= 11 is 0. The van der Waals surface area contributed by atoms with Crippen LogP contribution in [-0.2, 0) is 4.74 Å². The predicted molar refractivity (Wildman–Crippen MR) is 90.9 cm³/mol. The molecule has 0 unspecified atom stereocenters. The minimum atomic E-state index is -0.284. The van der Waals surface area contributed by atoms with Crippen molar-refractivity contribution in [3.63, 3.8) is 0 Å². The molecule has 0 heterocycles. The topological polar surface area (TPSA) is 59.6 Å². The number of amides is 2. The second kappa shape index (κ2) is 8.19. The standard InChI is InChI=1S/C18H22N2O3/c1-13-8-4-6-10-15(13)20-18(21)19-12-17(23-3)14-9-5-7-11-16(14)22-2/h4-11,17H,12H2,1-3H3,(H2,19,20,21)/t17-/m0/s1. The van der Waals surface area contributed by atoms with Crippen LogP contribution in [0.4, 0.5) is 10.5 Å². The summed E-state index contributed by atoms with van der Waals surface area (Å²) in [6.45, 7) is 2.29. The highest BCUT2D eigenvalue weighted by molar-refractivity contribution is 5.90. The summed E-state index contributed by atoms with van der Waals surface area (Å²) < 4.78 is 10.8. The van der Waals surface area contributed by atoms with Gasteiger partial charge in [-0.05, 0) is 24.6 Å². The number of anilines is 1. The third-order valence-corrected chi connectivity index (χ3v) is 3.61. The molecule has 2 rings (SSSR count). The van der Waals surface area contributed by atoms with Crippen LogP contribution in [0.15, 0.2) is 48.5 Å². The van der Waals surface area contributed by atoms with Gasteiger partial charge in [0.15, 0.2) is 0 Å². The monoisotopic (exact) mass is 314 g/mol. The summed E-state index contributed by atoms with van der Waals surface area (Å²) in [6, 6.07) is 15.0. The molecule has 2 aromatic rings. The molecule has 0 fully saturated rings. The van der Waals surface area contributed by atoms with Crippen molar-refractivity contribution in [1.29, 1.82) is 0 Å². The van der Waals surface area contributed by atoms with E-state index in [2.05, 4.69) is 10.6 Å². The number of aryl methyl sites for hydroxylation is 1. The van der Waals surface area contributed by atoms with Gasteiger partial charge in [0.25, 0.3) is 0 Å². The smallest absolute Gasteiger partial charge is 0.319 e. The molecule has 23 heavy (non-hydrogen) atoms. The number of ether oxygens (including phenoxy) is 2. The largest absolute Gasteiger partial charge is 0.496 e. The van der Waals surface area contributed by atoms with Crippen LogP contribution >= 0.6 is 0 Å². The van der Waals surface area contributed by atoms with Gasteiger partial charge in [0.1, 0.15) is 11.9 Å². The van der Waals surface area contributed by atoms with E-state index in [1.165, 1.54) is 0 Å². The highest BCUT2D eigenvalue weighted by Crippen LogP contribution is 2.26. The van der Waals surface area contributed by atoms with E-state index >= 15 is 0 Å². The molecular formula is C18H22N2O3. The Morgan fingerprint density at radius 2 is 1.78 bits per heavy atom. The predicted octanol–water partition coefficient (Wildman–Crippen LogP) is 3.51. The van der Waals surface area contributed by atoms with Gasteiger partial charge in [0, 0.05) is 24.9 Å². The highest BCUT2D eigenvalue weighted by atomic mass is 16.5. The normalized spacial score (nSPS) is 11.6. The number of nitrogens with one attached hydrogen (secondary N) is 2. The Hall–Kier alpha value is -2.53. The van der Waals surface area contributed by atoms with Crippen LogP contribution in [0.5, 0.6) is 5.75 Å². The molecule has 0 saturated carbocycles. The Bertz CT molecular complexity index is 658. The van der Waals surface area contributed by atoms with E-state index in [4.69, 9.17) is 9.47 Å². The molecular weight excluding hydrogens is 292 g/mol. The number of methoxy groups -OCH3 is 2. The Morgan fingerprint density at radius 3 is 2.48 bits per heavy atom. The summed E-state index contributed by atoms with van der Waals surface area (Å²) in [6.07, 6.45) is -0.284. The molecule has 0 saturated heterocycles. The Balaban J connectivity index is 1.98. The van der Waals surface area contributed by atoms with Gasteiger partial charge in [-0.3, -0.25) is 0 Å². The van der Waals surface area contributed by atoms with Crippen LogP contribution < -0.4 is 15.4 Å². The average molecular weight is 314 g/mol. The van der Waals surface area contributed by atoms with Crippen LogP contribution in [0, 0.1) is 6.92 Å². The van der Waals surface area contributed by atoms with Gasteiger partial charge in [-0.25, -0.2) is 4.79 Å². The fraction of sp³-hybridized carbons (Fsp3) is 0.278. The van der Waals surface area contributed by atoms with Crippen LogP contribution in [0.3, 0.4) is 0 Å². The van der Waals surface area contributed by atoms with Gasteiger partial charge in [-0.1, -0.05) is 36.4 Å². The molecule has 122 valence electrons. The van der Waals surface area contributed by atoms with Crippen LogP contribution in [0.2, 0.25) is 0 Å². The van der Waals surface area contributed by atoms with E-state index in [0.29, 0.717) is 6.54 Å². The molecule has 5 heteroatoms. The third kappa shape index (κ3) is 4.47. The van der Waals surface area contributed by atoms with E-state index in [1.807, 2.05) is 55.5 Å². The number of rotatable bonds is 6. The van der Waals surface area contributed by atoms with E-state index < -0.39 is 0 Å². The molecule has 1 atom stereocenters. The molecule has 2 N–H and O–H groups in total. The van der Waals surface area contributed by atoms with Crippen molar-refractivity contribution in [2.45, 2.75) is 13.0 Å². The molecule has 0 aliphatic heterocycles. The number of urea groups is 1. The Morgan fingerprint density at radius 1 is 1.09 bits per heavy atom. The van der Waals surface area contributed by atoms with Gasteiger partial charge < -0.3 is 20.1 Å². The van der Waals surface area contributed by atoms with Gasteiger partial charge in [0.05, 0.1) is 7.11 Å². The lowest BCUT2D eigenvalue weighted by Crippen LogP contribution is -2.33. The SMILES string of the molecule is COc1ccccc1[C@H](CNC(=O)Nc1ccccc1C)OC. The molecule has 0 aliphatic rings. The second-order valence-corrected chi connectivity index (χ2v) is 5.12. The second-order valence-electron chi connectivity index (χ2n) is 5.12. The van der Waals surface area contributed by atoms with E-state index in [-0.39, 0.29) is 12.1 Å². The van der Waals surface area contributed by atoms with Crippen molar-refractivity contribution >= 4 is 11.7 Å². The molecule has 0 aliphatic carbocycles. The first-order chi connectivity index (χ1) is 11.2. The summed E-state index contributed by atoms with van der Waals surface area (Å²) in [5.74, 6) is 0.737. The fourth-order valence-corrected chi connectivity index (χ4v) is 2.32. The molecule has 0 spiro atoms. The summed E-state index contributed by atoms with van der Waals surface area (Å²) in [7, 11) is 3.22. The van der Waals surface area contributed by atoms with Crippen LogP contribution in [0.25, 0.3) is 0 Å². The van der Waals surface area contributed by atoms with Crippen LogP contribution in [-0.4, -0.2) is 26.8 Å². The Labute approximate surface area is 136 Å². The summed E-state index contributed by atoms with van der Waals surface area (Å²) in [5.41, 5.74) is 2.70. The molecule has 0 radical (unpaired) electrons. The van der Waals surface area contributed by atoms with E-state index in [1.54, 1.807) is 14.2 Å². The van der Waals surface area contributed by atoms with Gasteiger partial charge in [-0.15, -0.1) is 0 Å². The lowest BCUT2D eigenvalue weighted by atomic mass is 10.1. The van der Waals surface area contributed by atoms with Gasteiger partial charge in [0.2, 0.25) is 0 Å². The van der Waals surface area contributed by atoms with Crippen molar-refractivity contribution in [2.24, 2.45) is 0 Å². The lowest BCUT2D eigenvalue weighted by Gasteiger charge is -2.19. The van der Waals surface area contributed by atoms with E-state index in [0.717, 1.165) is 22.6 Å². The number of benzene rings is 2. The molecule has 2 amide bonds. The first kappa shape index (κ1) is 16.8. The maximum absolute atomic E-state index is 12.1. The van der Waals surface area contributed by atoms with Crippen molar-refractivity contribution in [2.75, 3.05) is 26.1 Å². The maximum Gasteiger partial charge on any atom is 0.319 e. The third-order valence-electron chi connectivity index (χ3n) is 3.61. The lowest BCUT2D eigenvalue weighted by molar-refractivity contribution is 0.102. The molecule has 2 aromatic carbocycles. The number of carbonyl (C=O) groups excluding carboxylic acids is 1. The number of hydrogen-bond acceptors (Lipinski definition) is 3. The number of hydrogen-bond donors (Lipinski definition) is 2. The minimum Gasteiger partial charge on any atom is -0.496 e. The zero-order valence-electron chi connectivity index (χ0n) is 13.6. The van der Waals surface area contributed by atoms with Gasteiger partial charge >= 0.3 is 6.03 Å². The number of para-hydroxylation sites is 2. The van der Waals surface area contributed by atoms with Gasteiger partial charge in [-0.2, -0.15) is 0 Å². The molecule has 0 aromatic heterocycles. The zero-order chi connectivity index (χ0) is 16.7. The first-order valence-corrected chi connectivity index (χ1v) is 7.42. The molecule has 5 nitrogen and oxygen atoms in total. The van der Waals surface area contributed by atoms with E-state index in [9.17, 15) is 4.79 Å². The Kier molecular flexibility index (Phi) is 6.00. The first-order valence-electron chi connectivity index (χ1n) is 7.42. The van der Waals surface area contributed by atoms with Crippen molar-refractivity contribution in [3.8, 4) is 5.75 Å². The highest BCUT2D eigenvalue weighted by Gasteiger charge is 2.16. The van der Waals surface area contributed by atoms with Crippen molar-refractivity contribution in [3.05, 3.63) is 59.7 Å². The maximum atomic E-state index is 12.1. The van der Waals surface area contributed by atoms with Crippen LogP contribution in [0.1, 0.15) is 17.2 Å². The summed E-state index contributed by atoms with van der Waals surface area (Å²) in [5, 5.41) is 5.66. The quantitative estimate of drug-likeness (QED) is 0.858. The molecule has 0 bridgehead atoms. The van der Waals surface area contributed by atoms with Crippen molar-refractivity contribution in [1.82, 2.24) is 5.32 Å². The zero-order valence-corrected chi connectivity index (χ0v) is 13.6. The average Bonchev–Trinajstić information content (AvgIpc) is 2.58. The minimum absolute atomic E-state index is 0.267.